The van der Waals surface area contributed by atoms with Crippen LogP contribution < -0.4 is 4.74 Å². The van der Waals surface area contributed by atoms with Crippen molar-refractivity contribution in [3.05, 3.63) is 42.5 Å². The second-order valence-electron chi connectivity index (χ2n) is 6.02. The molecule has 0 aromatic heterocycles. The molecule has 0 saturated carbocycles. The van der Waals surface area contributed by atoms with Crippen LogP contribution in [0.2, 0.25) is 0 Å². The van der Waals surface area contributed by atoms with Crippen molar-refractivity contribution in [3.63, 3.8) is 0 Å². The quantitative estimate of drug-likeness (QED) is 0.886. The summed E-state index contributed by atoms with van der Waals surface area (Å²) < 4.78 is 6.04. The number of nitrogens with zero attached hydrogens (tertiary/aromatic N) is 1. The smallest absolute Gasteiger partial charge is 0.127 e. The van der Waals surface area contributed by atoms with Gasteiger partial charge in [0, 0.05) is 24.6 Å². The molecule has 1 heterocycles. The number of rotatable bonds is 6. The van der Waals surface area contributed by atoms with Crippen molar-refractivity contribution in [2.75, 3.05) is 26.3 Å². The number of aliphatic hydroxyl groups excluding tert-OH is 1. The molecule has 0 bridgehead atoms. The lowest BCUT2D eigenvalue weighted by molar-refractivity contribution is 0.102. The summed E-state index contributed by atoms with van der Waals surface area (Å²) in [5.74, 6) is 0.966. The van der Waals surface area contributed by atoms with Gasteiger partial charge >= 0.3 is 0 Å². The molecule has 1 aliphatic rings. The molecule has 3 heteroatoms. The zero-order valence-electron chi connectivity index (χ0n) is 13.1. The highest BCUT2D eigenvalue weighted by atomic mass is 16.5. The first-order valence-electron chi connectivity index (χ1n) is 8.34. The number of fused-ring (bicyclic) bond motifs is 1. The van der Waals surface area contributed by atoms with Gasteiger partial charge in [-0.05, 0) is 37.3 Å². The molecule has 1 unspecified atom stereocenters. The minimum absolute atomic E-state index is 0.283. The lowest BCUT2D eigenvalue weighted by Crippen LogP contribution is -2.42. The highest BCUT2D eigenvalue weighted by Gasteiger charge is 2.21. The van der Waals surface area contributed by atoms with Crippen molar-refractivity contribution in [1.82, 2.24) is 4.90 Å². The Morgan fingerprint density at radius 1 is 1.09 bits per heavy atom. The second kappa shape index (κ2) is 7.61. The van der Waals surface area contributed by atoms with Gasteiger partial charge in [0.25, 0.3) is 0 Å². The van der Waals surface area contributed by atoms with E-state index in [4.69, 9.17) is 4.74 Å². The molecule has 118 valence electrons. The van der Waals surface area contributed by atoms with Gasteiger partial charge in [-0.15, -0.1) is 0 Å². The average Bonchev–Trinajstić information content (AvgIpc) is 2.57. The van der Waals surface area contributed by atoms with Gasteiger partial charge in [0.2, 0.25) is 0 Å². The Bertz CT molecular complexity index is 592. The van der Waals surface area contributed by atoms with E-state index in [1.807, 2.05) is 12.1 Å². The van der Waals surface area contributed by atoms with Gasteiger partial charge in [-0.1, -0.05) is 42.8 Å². The number of likely N-dealkylation sites (tertiary alicyclic amines) is 1. The van der Waals surface area contributed by atoms with Crippen LogP contribution in [-0.4, -0.2) is 42.4 Å². The normalized spacial score (nSPS) is 19.4. The molecular formula is C19H25NO2. The minimum atomic E-state index is 0.283. The summed E-state index contributed by atoms with van der Waals surface area (Å²) in [5.41, 5.74) is 0. The van der Waals surface area contributed by atoms with Crippen LogP contribution in [0.5, 0.6) is 5.75 Å². The van der Waals surface area contributed by atoms with E-state index in [-0.39, 0.29) is 6.61 Å². The Hall–Kier alpha value is -1.58. The highest BCUT2D eigenvalue weighted by Crippen LogP contribution is 2.25. The van der Waals surface area contributed by atoms with E-state index >= 15 is 0 Å². The summed E-state index contributed by atoms with van der Waals surface area (Å²) in [7, 11) is 0. The average molecular weight is 299 g/mol. The van der Waals surface area contributed by atoms with Gasteiger partial charge in [-0.3, -0.25) is 4.90 Å². The molecule has 2 aromatic carbocycles. The van der Waals surface area contributed by atoms with Gasteiger partial charge in [-0.25, -0.2) is 0 Å². The lowest BCUT2D eigenvalue weighted by Gasteiger charge is -2.35. The molecule has 1 saturated heterocycles. The van der Waals surface area contributed by atoms with E-state index in [1.165, 1.54) is 30.0 Å². The van der Waals surface area contributed by atoms with Gasteiger partial charge in [-0.2, -0.15) is 0 Å². The molecule has 0 radical (unpaired) electrons. The monoisotopic (exact) mass is 299 g/mol. The predicted octanol–water partition coefficient (Wildman–Crippen LogP) is 3.46. The van der Waals surface area contributed by atoms with Gasteiger partial charge < -0.3 is 9.84 Å². The number of hydrogen-bond acceptors (Lipinski definition) is 3. The molecule has 3 rings (SSSR count). The van der Waals surface area contributed by atoms with Crippen molar-refractivity contribution < 1.29 is 9.84 Å². The van der Waals surface area contributed by atoms with E-state index in [2.05, 4.69) is 35.2 Å². The van der Waals surface area contributed by atoms with E-state index in [9.17, 15) is 5.11 Å². The first-order valence-corrected chi connectivity index (χ1v) is 8.34. The van der Waals surface area contributed by atoms with Crippen LogP contribution in [0.1, 0.15) is 25.7 Å². The molecule has 22 heavy (non-hydrogen) atoms. The Morgan fingerprint density at radius 2 is 1.95 bits per heavy atom. The maximum atomic E-state index is 9.20. The largest absolute Gasteiger partial charge is 0.492 e. The molecule has 0 spiro atoms. The van der Waals surface area contributed by atoms with Gasteiger partial charge in [0.15, 0.2) is 0 Å². The third-order valence-electron chi connectivity index (χ3n) is 4.60. The summed E-state index contributed by atoms with van der Waals surface area (Å²) in [6, 6.07) is 15.1. The lowest BCUT2D eigenvalue weighted by atomic mass is 10.00. The van der Waals surface area contributed by atoms with Gasteiger partial charge in [0.05, 0.1) is 0 Å². The van der Waals surface area contributed by atoms with E-state index < -0.39 is 0 Å². The molecule has 1 N–H and O–H groups in total. The van der Waals surface area contributed by atoms with Crippen LogP contribution in [0.3, 0.4) is 0 Å². The number of ether oxygens (including phenoxy) is 1. The number of piperidine rings is 1. The van der Waals surface area contributed by atoms with Crippen molar-refractivity contribution >= 4 is 10.8 Å². The third kappa shape index (κ3) is 3.60. The van der Waals surface area contributed by atoms with E-state index in [0.717, 1.165) is 25.3 Å². The SMILES string of the molecule is OCCC1CCCCN1CCOc1cccc2ccccc12. The maximum Gasteiger partial charge on any atom is 0.127 e. The summed E-state index contributed by atoms with van der Waals surface area (Å²) in [6.45, 7) is 3.05. The maximum absolute atomic E-state index is 9.20. The molecule has 2 aromatic rings. The molecular weight excluding hydrogens is 274 g/mol. The van der Waals surface area contributed by atoms with E-state index in [0.29, 0.717) is 12.6 Å². The number of hydrogen-bond donors (Lipinski definition) is 1. The molecule has 1 atom stereocenters. The van der Waals surface area contributed by atoms with Crippen LogP contribution in [0.15, 0.2) is 42.5 Å². The predicted molar refractivity (Wildman–Crippen MR) is 90.4 cm³/mol. The Morgan fingerprint density at radius 3 is 2.86 bits per heavy atom. The van der Waals surface area contributed by atoms with Crippen LogP contribution in [0.4, 0.5) is 0 Å². The van der Waals surface area contributed by atoms with Crippen molar-refractivity contribution in [2.45, 2.75) is 31.7 Å². The first kappa shape index (κ1) is 15.3. The summed E-state index contributed by atoms with van der Waals surface area (Å²) in [4.78, 5) is 2.48. The topological polar surface area (TPSA) is 32.7 Å². The minimum Gasteiger partial charge on any atom is -0.492 e. The standard InChI is InChI=1S/C19H25NO2/c21-14-11-17-8-3-4-12-20(17)13-15-22-19-10-5-7-16-6-1-2-9-18(16)19/h1-2,5-7,9-10,17,21H,3-4,8,11-15H2. The second-order valence-corrected chi connectivity index (χ2v) is 6.02. The first-order chi connectivity index (χ1) is 10.9. The molecule has 3 nitrogen and oxygen atoms in total. The van der Waals surface area contributed by atoms with Crippen LogP contribution in [0, 0.1) is 0 Å². The molecule has 0 amide bonds. The number of aliphatic hydroxyl groups is 1. The summed E-state index contributed by atoms with van der Waals surface area (Å²) in [5, 5.41) is 11.6. The number of benzene rings is 2. The van der Waals surface area contributed by atoms with Crippen molar-refractivity contribution in [1.29, 1.82) is 0 Å². The molecule has 1 aliphatic heterocycles. The molecule has 0 aliphatic carbocycles. The fourth-order valence-electron chi connectivity index (χ4n) is 3.42. The van der Waals surface area contributed by atoms with Crippen LogP contribution >= 0.6 is 0 Å². The van der Waals surface area contributed by atoms with E-state index in [1.54, 1.807) is 0 Å². The van der Waals surface area contributed by atoms with Gasteiger partial charge in [0.1, 0.15) is 12.4 Å². The van der Waals surface area contributed by atoms with Crippen LogP contribution in [-0.2, 0) is 0 Å². The fraction of sp³-hybridized carbons (Fsp3) is 0.474. The van der Waals surface area contributed by atoms with Crippen molar-refractivity contribution in [3.8, 4) is 5.75 Å². The summed E-state index contributed by atoms with van der Waals surface area (Å²) >= 11 is 0. The fourth-order valence-corrected chi connectivity index (χ4v) is 3.42. The summed E-state index contributed by atoms with van der Waals surface area (Å²) in [6.07, 6.45) is 4.63. The van der Waals surface area contributed by atoms with Crippen molar-refractivity contribution in [2.24, 2.45) is 0 Å². The Labute approximate surface area is 132 Å². The third-order valence-corrected chi connectivity index (χ3v) is 4.60. The zero-order chi connectivity index (χ0) is 15.2. The zero-order valence-corrected chi connectivity index (χ0v) is 13.1. The highest BCUT2D eigenvalue weighted by molar-refractivity contribution is 5.88. The Balaban J connectivity index is 1.59. The van der Waals surface area contributed by atoms with Crippen LogP contribution in [0.25, 0.3) is 10.8 Å². The Kier molecular flexibility index (Phi) is 5.30. The molecule has 1 fully saturated rings.